The van der Waals surface area contributed by atoms with Crippen LogP contribution in [0, 0.1) is 5.82 Å². The number of likely N-dealkylation sites (N-methyl/N-ethyl adjacent to an activating group) is 1. The lowest BCUT2D eigenvalue weighted by atomic mass is 10.1. The summed E-state index contributed by atoms with van der Waals surface area (Å²) in [5.41, 5.74) is 2.04. The molecule has 0 aliphatic carbocycles. The number of esters is 1. The molecule has 0 amide bonds. The quantitative estimate of drug-likeness (QED) is 0.102. The van der Waals surface area contributed by atoms with Crippen molar-refractivity contribution in [2.75, 3.05) is 44.7 Å². The molecule has 1 aromatic heterocycles. The van der Waals surface area contributed by atoms with Gasteiger partial charge in [0.05, 0.1) is 31.0 Å². The van der Waals surface area contributed by atoms with Crippen molar-refractivity contribution in [3.8, 4) is 11.4 Å². The Bertz CT molecular complexity index is 1970. The number of phosphoric ester groups is 1. The Kier molecular flexibility index (Phi) is 10.6. The van der Waals surface area contributed by atoms with E-state index in [4.69, 9.17) is 18.3 Å². The molecule has 6 rings (SSSR count). The minimum absolute atomic E-state index is 0.00277. The van der Waals surface area contributed by atoms with E-state index in [0.717, 1.165) is 24.2 Å². The van der Waals surface area contributed by atoms with Crippen LogP contribution in [0.4, 0.5) is 10.1 Å². The molecular formula is C37H37FN3O7P. The molecule has 0 radical (unpaired) electrons. The number of ether oxygens (including phenoxy) is 1. The van der Waals surface area contributed by atoms with Gasteiger partial charge in [-0.1, -0.05) is 60.7 Å². The first-order valence-electron chi connectivity index (χ1n) is 16.0. The molecule has 0 spiro atoms. The molecule has 0 saturated carbocycles. The fraction of sp³-hybridized carbons (Fsp3) is 0.243. The Labute approximate surface area is 283 Å². The summed E-state index contributed by atoms with van der Waals surface area (Å²) in [6.45, 7) is 4.48. The van der Waals surface area contributed by atoms with Gasteiger partial charge >= 0.3 is 13.8 Å². The minimum atomic E-state index is -4.13. The molecule has 0 unspecified atom stereocenters. The van der Waals surface area contributed by atoms with E-state index in [2.05, 4.69) is 4.90 Å². The lowest BCUT2D eigenvalue weighted by molar-refractivity contribution is 0.0524. The Hall–Kier alpha value is -4.80. The Balaban J connectivity index is 1.34. The molecule has 1 aliphatic heterocycles. The number of fused-ring (bicyclic) bond motifs is 1. The van der Waals surface area contributed by atoms with Gasteiger partial charge in [0.25, 0.3) is 0 Å². The molecule has 0 bridgehead atoms. The SMILES string of the molecule is CCOC(=O)c1cn(-c2ccc(OP(=O)(OCc3ccccc3)OCc3ccccc3)cc2)c2cc(N3CCN(C)CC3)c(F)cc2c1=O. The first-order valence-corrected chi connectivity index (χ1v) is 17.5. The maximum absolute atomic E-state index is 15.6. The molecular weight excluding hydrogens is 648 g/mol. The van der Waals surface area contributed by atoms with Gasteiger partial charge in [-0.2, -0.15) is 0 Å². The maximum atomic E-state index is 15.6. The second-order valence-electron chi connectivity index (χ2n) is 11.6. The number of rotatable bonds is 12. The lowest BCUT2D eigenvalue weighted by Crippen LogP contribution is -2.44. The highest BCUT2D eigenvalue weighted by molar-refractivity contribution is 7.48. The number of carbonyl (C=O) groups is 1. The molecule has 1 saturated heterocycles. The molecule has 1 aliphatic rings. The van der Waals surface area contributed by atoms with Gasteiger partial charge in [-0.05, 0) is 61.5 Å². The summed E-state index contributed by atoms with van der Waals surface area (Å²) >= 11 is 0. The van der Waals surface area contributed by atoms with Crippen molar-refractivity contribution in [2.45, 2.75) is 20.1 Å². The monoisotopic (exact) mass is 685 g/mol. The molecule has 2 heterocycles. The number of benzene rings is 4. The number of nitrogens with zero attached hydrogens (tertiary/aromatic N) is 3. The van der Waals surface area contributed by atoms with Gasteiger partial charge < -0.3 is 23.6 Å². The predicted octanol–water partition coefficient (Wildman–Crippen LogP) is 6.98. The van der Waals surface area contributed by atoms with Crippen molar-refractivity contribution >= 4 is 30.4 Å². The van der Waals surface area contributed by atoms with E-state index in [1.54, 1.807) is 41.8 Å². The van der Waals surface area contributed by atoms with Crippen LogP contribution in [0.3, 0.4) is 0 Å². The summed E-state index contributed by atoms with van der Waals surface area (Å²) in [7, 11) is -2.11. The third kappa shape index (κ3) is 8.09. The first kappa shape index (κ1) is 34.1. The summed E-state index contributed by atoms with van der Waals surface area (Å²) in [5.74, 6) is -1.15. The second-order valence-corrected chi connectivity index (χ2v) is 13.2. The fourth-order valence-electron chi connectivity index (χ4n) is 5.53. The summed E-state index contributed by atoms with van der Waals surface area (Å²) < 4.78 is 53.7. The topological polar surface area (TPSA) is 99.5 Å². The van der Waals surface area contributed by atoms with Crippen molar-refractivity contribution < 1.29 is 32.1 Å². The van der Waals surface area contributed by atoms with Gasteiger partial charge in [-0.25, -0.2) is 13.8 Å². The van der Waals surface area contributed by atoms with E-state index in [9.17, 15) is 14.2 Å². The summed E-state index contributed by atoms with van der Waals surface area (Å²) in [5, 5.41) is 0.0365. The number of halogens is 1. The zero-order valence-corrected chi connectivity index (χ0v) is 28.2. The molecule has 12 heteroatoms. The highest BCUT2D eigenvalue weighted by Gasteiger charge is 2.29. The summed E-state index contributed by atoms with van der Waals surface area (Å²) in [6.07, 6.45) is 1.40. The van der Waals surface area contributed by atoms with Gasteiger partial charge in [0.1, 0.15) is 17.1 Å². The van der Waals surface area contributed by atoms with Gasteiger partial charge in [-0.3, -0.25) is 13.8 Å². The zero-order valence-electron chi connectivity index (χ0n) is 27.3. The second kappa shape index (κ2) is 15.2. The molecule has 10 nitrogen and oxygen atoms in total. The standard InChI is InChI=1S/C37H37FN3O7P/c1-3-45-37(43)32-24-41(34-23-35(33(38)22-31(34)36(32)42)40-20-18-39(2)19-21-40)29-14-16-30(17-15-29)48-49(44,46-25-27-10-6-4-7-11-27)47-26-28-12-8-5-9-13-28/h4-17,22-24H,3,18-21,25-26H2,1-2H3. The largest absolute Gasteiger partial charge is 0.530 e. The lowest BCUT2D eigenvalue weighted by Gasteiger charge is -2.34. The van der Waals surface area contributed by atoms with Crippen molar-refractivity contribution in [3.63, 3.8) is 0 Å². The number of phosphoric acid groups is 1. The van der Waals surface area contributed by atoms with Crippen LogP contribution in [0.25, 0.3) is 16.6 Å². The Morgan fingerprint density at radius 2 is 1.43 bits per heavy atom. The van der Waals surface area contributed by atoms with E-state index < -0.39 is 25.0 Å². The molecule has 254 valence electrons. The zero-order chi connectivity index (χ0) is 34.4. The normalized spacial score (nSPS) is 13.8. The van der Waals surface area contributed by atoms with Crippen LogP contribution in [-0.4, -0.2) is 55.3 Å². The highest BCUT2D eigenvalue weighted by Crippen LogP contribution is 2.51. The van der Waals surface area contributed by atoms with E-state index >= 15 is 4.39 Å². The van der Waals surface area contributed by atoms with Crippen molar-refractivity contribution in [3.05, 3.63) is 136 Å². The van der Waals surface area contributed by atoms with Gasteiger partial charge in [0.2, 0.25) is 5.43 Å². The maximum Gasteiger partial charge on any atom is 0.530 e. The van der Waals surface area contributed by atoms with Crippen LogP contribution in [0.15, 0.2) is 108 Å². The molecule has 5 aromatic rings. The Morgan fingerprint density at radius 3 is 2.00 bits per heavy atom. The number of anilines is 1. The van der Waals surface area contributed by atoms with E-state index in [-0.39, 0.29) is 36.5 Å². The van der Waals surface area contributed by atoms with Crippen LogP contribution >= 0.6 is 7.82 Å². The first-order chi connectivity index (χ1) is 23.7. The van der Waals surface area contributed by atoms with Crippen LogP contribution in [0.1, 0.15) is 28.4 Å². The van der Waals surface area contributed by atoms with E-state index in [0.29, 0.717) is 30.0 Å². The van der Waals surface area contributed by atoms with Crippen molar-refractivity contribution in [1.29, 1.82) is 0 Å². The van der Waals surface area contributed by atoms with Gasteiger partial charge in [0.15, 0.2) is 0 Å². The van der Waals surface area contributed by atoms with Crippen LogP contribution in [0.2, 0.25) is 0 Å². The molecule has 0 N–H and O–H groups in total. The number of aromatic nitrogens is 1. The van der Waals surface area contributed by atoms with E-state index in [1.807, 2.05) is 72.6 Å². The molecule has 0 atom stereocenters. The molecule has 1 fully saturated rings. The Morgan fingerprint density at radius 1 is 0.837 bits per heavy atom. The number of carbonyl (C=O) groups excluding carboxylic acids is 1. The van der Waals surface area contributed by atoms with Crippen molar-refractivity contribution in [2.24, 2.45) is 0 Å². The predicted molar refractivity (Wildman–Crippen MR) is 186 cm³/mol. The van der Waals surface area contributed by atoms with Crippen LogP contribution < -0.4 is 14.9 Å². The summed E-state index contributed by atoms with van der Waals surface area (Å²) in [4.78, 5) is 30.4. The van der Waals surface area contributed by atoms with Crippen molar-refractivity contribution in [1.82, 2.24) is 9.47 Å². The number of hydrogen-bond acceptors (Lipinski definition) is 9. The average Bonchev–Trinajstić information content (AvgIpc) is 3.12. The molecule has 49 heavy (non-hydrogen) atoms. The number of piperazine rings is 1. The molecule has 4 aromatic carbocycles. The third-order valence-electron chi connectivity index (χ3n) is 8.21. The van der Waals surface area contributed by atoms with Crippen LogP contribution in [0.5, 0.6) is 5.75 Å². The van der Waals surface area contributed by atoms with Crippen LogP contribution in [-0.2, 0) is 31.6 Å². The smallest absolute Gasteiger partial charge is 0.462 e. The van der Waals surface area contributed by atoms with Gasteiger partial charge in [-0.15, -0.1) is 0 Å². The van der Waals surface area contributed by atoms with Gasteiger partial charge in [0, 0.05) is 43.4 Å². The summed E-state index contributed by atoms with van der Waals surface area (Å²) in [6, 6.07) is 27.9. The highest BCUT2D eigenvalue weighted by atomic mass is 31.2. The average molecular weight is 686 g/mol. The number of pyridine rings is 1. The third-order valence-corrected chi connectivity index (χ3v) is 9.53. The van der Waals surface area contributed by atoms with E-state index in [1.165, 1.54) is 12.3 Å². The minimum Gasteiger partial charge on any atom is -0.462 e. The number of hydrogen-bond donors (Lipinski definition) is 0. The fourth-order valence-corrected chi connectivity index (χ4v) is 6.71.